The molecule has 0 aliphatic heterocycles. The van der Waals surface area contributed by atoms with Crippen LogP contribution in [0.15, 0.2) is 72.8 Å². The van der Waals surface area contributed by atoms with Crippen molar-refractivity contribution in [1.82, 2.24) is 4.57 Å². The van der Waals surface area contributed by atoms with Crippen molar-refractivity contribution >= 4 is 27.6 Å². The van der Waals surface area contributed by atoms with Crippen LogP contribution >= 0.6 is 0 Å². The summed E-state index contributed by atoms with van der Waals surface area (Å²) in [5, 5.41) is 2.59. The molecule has 0 unspecified atom stereocenters. The van der Waals surface area contributed by atoms with Crippen molar-refractivity contribution in [3.05, 3.63) is 83.9 Å². The maximum Gasteiger partial charge on any atom is 0.159 e. The van der Waals surface area contributed by atoms with Gasteiger partial charge in [-0.1, -0.05) is 54.6 Å². The van der Waals surface area contributed by atoms with E-state index in [-0.39, 0.29) is 5.78 Å². The Labute approximate surface area is 141 Å². The first-order valence-corrected chi connectivity index (χ1v) is 8.30. The topological polar surface area (TPSA) is 22.0 Å². The second-order valence-corrected chi connectivity index (χ2v) is 6.19. The predicted molar refractivity (Wildman–Crippen MR) is 99.6 cm³/mol. The van der Waals surface area contributed by atoms with Gasteiger partial charge in [-0.15, -0.1) is 0 Å². The summed E-state index contributed by atoms with van der Waals surface area (Å²) in [5.74, 6) is 0.119. The first-order valence-electron chi connectivity index (χ1n) is 8.30. The molecule has 4 rings (SSSR count). The van der Waals surface area contributed by atoms with Gasteiger partial charge in [-0.25, -0.2) is 0 Å². The molecule has 0 atom stereocenters. The van der Waals surface area contributed by atoms with Crippen molar-refractivity contribution in [3.63, 3.8) is 0 Å². The summed E-state index contributed by atoms with van der Waals surface area (Å²) in [4.78, 5) is 11.6. The summed E-state index contributed by atoms with van der Waals surface area (Å²) in [6.07, 6.45) is 0.907. The first-order chi connectivity index (χ1) is 11.7. The van der Waals surface area contributed by atoms with Crippen LogP contribution < -0.4 is 0 Å². The van der Waals surface area contributed by atoms with Crippen LogP contribution in [0.3, 0.4) is 0 Å². The Morgan fingerprint density at radius 2 is 1.46 bits per heavy atom. The maximum absolute atomic E-state index is 11.6. The number of hydrogen-bond donors (Lipinski definition) is 0. The highest BCUT2D eigenvalue weighted by Gasteiger charge is 2.09. The van der Waals surface area contributed by atoms with E-state index in [1.807, 2.05) is 18.2 Å². The highest BCUT2D eigenvalue weighted by atomic mass is 16.1. The van der Waals surface area contributed by atoms with E-state index in [4.69, 9.17) is 0 Å². The predicted octanol–water partition coefficient (Wildman–Crippen LogP) is 5.24. The van der Waals surface area contributed by atoms with Gasteiger partial charge in [0.05, 0.1) is 0 Å². The zero-order chi connectivity index (χ0) is 16.5. The number of aromatic nitrogens is 1. The van der Waals surface area contributed by atoms with Crippen LogP contribution in [-0.4, -0.2) is 10.4 Å². The van der Waals surface area contributed by atoms with E-state index in [1.54, 1.807) is 6.92 Å². The lowest BCUT2D eigenvalue weighted by Crippen LogP contribution is -2.02. The summed E-state index contributed by atoms with van der Waals surface area (Å²) in [6.45, 7) is 2.52. The zero-order valence-corrected chi connectivity index (χ0v) is 13.7. The molecule has 0 amide bonds. The Morgan fingerprint density at radius 1 is 0.833 bits per heavy atom. The lowest BCUT2D eigenvalue weighted by atomic mass is 10.1. The van der Waals surface area contributed by atoms with Gasteiger partial charge in [-0.2, -0.15) is 0 Å². The smallest absolute Gasteiger partial charge is 0.159 e. The third-order valence-corrected chi connectivity index (χ3v) is 4.64. The lowest BCUT2D eigenvalue weighted by Gasteiger charge is -2.08. The first kappa shape index (κ1) is 14.7. The van der Waals surface area contributed by atoms with Gasteiger partial charge in [-0.05, 0) is 37.1 Å². The van der Waals surface area contributed by atoms with Crippen LogP contribution in [0.4, 0.5) is 0 Å². The van der Waals surface area contributed by atoms with E-state index < -0.39 is 0 Å². The summed E-state index contributed by atoms with van der Waals surface area (Å²) in [5.41, 5.74) is 4.52. The number of ketones is 1. The fourth-order valence-electron chi connectivity index (χ4n) is 3.43. The highest BCUT2D eigenvalue weighted by Crippen LogP contribution is 2.28. The number of para-hydroxylation sites is 2. The molecule has 2 nitrogen and oxygen atoms in total. The molecule has 3 aromatic carbocycles. The van der Waals surface area contributed by atoms with Gasteiger partial charge in [0.25, 0.3) is 0 Å². The third kappa shape index (κ3) is 2.50. The second-order valence-electron chi connectivity index (χ2n) is 6.19. The zero-order valence-electron chi connectivity index (χ0n) is 13.7. The number of nitrogens with zero attached hydrogens (tertiary/aromatic N) is 1. The van der Waals surface area contributed by atoms with E-state index in [0.29, 0.717) is 0 Å². The number of Topliss-reactive ketones (excluding diaryl/α,β-unsaturated/α-hetero) is 1. The molecule has 0 fully saturated rings. The minimum atomic E-state index is 0.119. The second kappa shape index (κ2) is 5.97. The van der Waals surface area contributed by atoms with Crippen molar-refractivity contribution in [1.29, 1.82) is 0 Å². The molecular formula is C22H19NO. The largest absolute Gasteiger partial charge is 0.340 e. The van der Waals surface area contributed by atoms with E-state index in [9.17, 15) is 4.79 Å². The normalized spacial score (nSPS) is 11.2. The van der Waals surface area contributed by atoms with E-state index in [1.165, 1.54) is 27.4 Å². The van der Waals surface area contributed by atoms with Crippen molar-refractivity contribution in [3.8, 4) is 0 Å². The van der Waals surface area contributed by atoms with Crippen LogP contribution in [0.2, 0.25) is 0 Å². The standard InChI is InChI=1S/C22H19NO/c1-16(24)18-8-6-7-17(15-18)13-14-23-21-11-4-2-9-19(21)20-10-3-5-12-22(20)23/h2-12,15H,13-14H2,1H3. The molecule has 4 aromatic rings. The lowest BCUT2D eigenvalue weighted by molar-refractivity contribution is 0.101. The molecule has 0 saturated heterocycles. The highest BCUT2D eigenvalue weighted by molar-refractivity contribution is 6.07. The Balaban J connectivity index is 1.74. The van der Waals surface area contributed by atoms with E-state index in [0.717, 1.165) is 18.5 Å². The SMILES string of the molecule is CC(=O)c1cccc(CCn2c3ccccc3c3ccccc32)c1. The molecule has 0 radical (unpaired) electrons. The number of aryl methyl sites for hydroxylation is 2. The number of hydrogen-bond acceptors (Lipinski definition) is 1. The van der Waals surface area contributed by atoms with Crippen molar-refractivity contribution in [2.24, 2.45) is 0 Å². The summed E-state index contributed by atoms with van der Waals surface area (Å²) >= 11 is 0. The van der Waals surface area contributed by atoms with Crippen molar-refractivity contribution < 1.29 is 4.79 Å². The van der Waals surface area contributed by atoms with Crippen LogP contribution in [0, 0.1) is 0 Å². The molecule has 0 bridgehead atoms. The quantitative estimate of drug-likeness (QED) is 0.472. The molecule has 1 aromatic heterocycles. The molecule has 0 aliphatic rings. The van der Waals surface area contributed by atoms with Gasteiger partial charge < -0.3 is 4.57 Å². The molecule has 118 valence electrons. The Morgan fingerprint density at radius 3 is 2.08 bits per heavy atom. The van der Waals surface area contributed by atoms with Gasteiger partial charge in [0.2, 0.25) is 0 Å². The molecule has 24 heavy (non-hydrogen) atoms. The Hall–Kier alpha value is -2.87. The summed E-state index contributed by atoms with van der Waals surface area (Å²) in [7, 11) is 0. The van der Waals surface area contributed by atoms with Crippen molar-refractivity contribution in [2.45, 2.75) is 19.9 Å². The average Bonchev–Trinajstić information content (AvgIpc) is 2.94. The molecular weight excluding hydrogens is 294 g/mol. The molecule has 0 spiro atoms. The fraction of sp³-hybridized carbons (Fsp3) is 0.136. The molecule has 1 heterocycles. The number of carbonyl (C=O) groups excluding carboxylic acids is 1. The third-order valence-electron chi connectivity index (χ3n) is 4.64. The molecule has 0 N–H and O–H groups in total. The molecule has 0 aliphatic carbocycles. The summed E-state index contributed by atoms with van der Waals surface area (Å²) in [6, 6.07) is 25.1. The Kier molecular flexibility index (Phi) is 3.66. The maximum atomic E-state index is 11.6. The van der Waals surface area contributed by atoms with Gasteiger partial charge in [-0.3, -0.25) is 4.79 Å². The molecule has 0 saturated carbocycles. The van der Waals surface area contributed by atoms with Crippen LogP contribution in [-0.2, 0) is 13.0 Å². The minimum absolute atomic E-state index is 0.119. The summed E-state index contributed by atoms with van der Waals surface area (Å²) < 4.78 is 2.38. The average molecular weight is 313 g/mol. The van der Waals surface area contributed by atoms with Crippen LogP contribution in [0.25, 0.3) is 21.8 Å². The van der Waals surface area contributed by atoms with Gasteiger partial charge >= 0.3 is 0 Å². The number of rotatable bonds is 4. The van der Waals surface area contributed by atoms with E-state index >= 15 is 0 Å². The fourth-order valence-corrected chi connectivity index (χ4v) is 3.43. The monoisotopic (exact) mass is 313 g/mol. The van der Waals surface area contributed by atoms with E-state index in [2.05, 4.69) is 59.2 Å². The molecule has 2 heteroatoms. The number of benzene rings is 3. The number of fused-ring (bicyclic) bond motifs is 3. The van der Waals surface area contributed by atoms with Crippen molar-refractivity contribution in [2.75, 3.05) is 0 Å². The van der Waals surface area contributed by atoms with Crippen LogP contribution in [0.1, 0.15) is 22.8 Å². The van der Waals surface area contributed by atoms with Gasteiger partial charge in [0, 0.05) is 33.9 Å². The minimum Gasteiger partial charge on any atom is -0.340 e. The van der Waals surface area contributed by atoms with Crippen LogP contribution in [0.5, 0.6) is 0 Å². The number of carbonyl (C=O) groups is 1. The van der Waals surface area contributed by atoms with Gasteiger partial charge in [0.15, 0.2) is 5.78 Å². The Bertz CT molecular complexity index is 989. The van der Waals surface area contributed by atoms with Gasteiger partial charge in [0.1, 0.15) is 0 Å².